The summed E-state index contributed by atoms with van der Waals surface area (Å²) in [5.41, 5.74) is 3.26. The monoisotopic (exact) mass is 350 g/mol. The molecule has 0 radical (unpaired) electrons. The second-order valence-electron chi connectivity index (χ2n) is 4.51. The first-order chi connectivity index (χ1) is 11.0. The van der Waals surface area contributed by atoms with E-state index in [4.69, 9.17) is 27.9 Å². The summed E-state index contributed by atoms with van der Waals surface area (Å²) >= 11 is 11.7. The lowest BCUT2D eigenvalue weighted by Gasteiger charge is -2.06. The Morgan fingerprint density at radius 1 is 1.13 bits per heavy atom. The Morgan fingerprint density at radius 3 is 2.43 bits per heavy atom. The summed E-state index contributed by atoms with van der Waals surface area (Å²) in [6, 6.07) is 11.1. The predicted molar refractivity (Wildman–Crippen MR) is 89.3 cm³/mol. The van der Waals surface area contributed by atoms with Crippen LogP contribution in [0.2, 0.25) is 10.0 Å². The fraction of sp³-hybridized carbons (Fsp3) is 0.0625. The van der Waals surface area contributed by atoms with Crippen LogP contribution in [0, 0.1) is 0 Å². The maximum atomic E-state index is 12.1. The van der Waals surface area contributed by atoms with Gasteiger partial charge in [0.2, 0.25) is 5.91 Å². The molecule has 0 bridgehead atoms. The van der Waals surface area contributed by atoms with Gasteiger partial charge in [-0.1, -0.05) is 23.2 Å². The molecule has 0 aliphatic heterocycles. The van der Waals surface area contributed by atoms with Crippen LogP contribution in [0.15, 0.2) is 47.6 Å². The summed E-state index contributed by atoms with van der Waals surface area (Å²) in [6.07, 6.45) is 1.48. The van der Waals surface area contributed by atoms with Gasteiger partial charge in [0, 0.05) is 11.9 Å². The summed E-state index contributed by atoms with van der Waals surface area (Å²) in [5.74, 6) is -0.476. The molecule has 0 heterocycles. The van der Waals surface area contributed by atoms with Gasteiger partial charge in [-0.15, -0.1) is 0 Å². The number of hydrazone groups is 1. The zero-order valence-electron chi connectivity index (χ0n) is 12.0. The van der Waals surface area contributed by atoms with Gasteiger partial charge < -0.3 is 4.74 Å². The van der Waals surface area contributed by atoms with E-state index in [1.54, 1.807) is 30.3 Å². The third-order valence-electron chi connectivity index (χ3n) is 2.68. The Kier molecular flexibility index (Phi) is 5.73. The molecule has 0 saturated heterocycles. The highest BCUT2D eigenvalue weighted by Crippen LogP contribution is 2.22. The van der Waals surface area contributed by atoms with Crippen molar-refractivity contribution in [3.63, 3.8) is 0 Å². The number of halogens is 2. The number of hydrogen-bond acceptors (Lipinski definition) is 4. The molecule has 23 heavy (non-hydrogen) atoms. The smallest absolute Gasteiger partial charge is 0.345 e. The zero-order valence-corrected chi connectivity index (χ0v) is 13.6. The van der Waals surface area contributed by atoms with Gasteiger partial charge in [-0.25, -0.2) is 10.2 Å². The quantitative estimate of drug-likeness (QED) is 0.395. The van der Waals surface area contributed by atoms with Crippen molar-refractivity contribution in [1.82, 2.24) is 5.43 Å². The topological polar surface area (TPSA) is 67.8 Å². The number of esters is 1. The number of benzene rings is 2. The summed E-state index contributed by atoms with van der Waals surface area (Å²) in [4.78, 5) is 22.7. The normalized spacial score (nSPS) is 10.6. The van der Waals surface area contributed by atoms with Crippen LogP contribution in [0.3, 0.4) is 0 Å². The lowest BCUT2D eigenvalue weighted by molar-refractivity contribution is -0.118. The minimum absolute atomic E-state index is 0.224. The van der Waals surface area contributed by atoms with Crippen molar-refractivity contribution in [2.75, 3.05) is 0 Å². The fourth-order valence-corrected chi connectivity index (χ4v) is 2.12. The number of carbonyl (C=O) groups is 2. The first-order valence-corrected chi connectivity index (χ1v) is 7.28. The Balaban J connectivity index is 2.04. The minimum Gasteiger partial charge on any atom is -0.423 e. The van der Waals surface area contributed by atoms with Crippen LogP contribution in [0.1, 0.15) is 22.8 Å². The summed E-state index contributed by atoms with van der Waals surface area (Å²) in [6.45, 7) is 1.36. The molecular weight excluding hydrogens is 339 g/mol. The minimum atomic E-state index is -0.577. The van der Waals surface area contributed by atoms with Crippen LogP contribution in [-0.4, -0.2) is 18.1 Å². The summed E-state index contributed by atoms with van der Waals surface area (Å²) in [7, 11) is 0. The number of carbonyl (C=O) groups excluding carboxylic acids is 2. The van der Waals surface area contributed by atoms with Crippen LogP contribution >= 0.6 is 23.2 Å². The maximum Gasteiger partial charge on any atom is 0.345 e. The molecular formula is C16H12Cl2N2O3. The number of nitrogens with one attached hydrogen (secondary N) is 1. The van der Waals surface area contributed by atoms with Crippen LogP contribution in [0.4, 0.5) is 0 Å². The molecule has 7 heteroatoms. The van der Waals surface area contributed by atoms with Crippen LogP contribution in [0.25, 0.3) is 0 Å². The van der Waals surface area contributed by atoms with Crippen molar-refractivity contribution in [2.45, 2.75) is 6.92 Å². The van der Waals surface area contributed by atoms with Crippen molar-refractivity contribution >= 4 is 41.3 Å². The maximum absolute atomic E-state index is 12.1. The van der Waals surface area contributed by atoms with Crippen LogP contribution < -0.4 is 10.2 Å². The molecule has 1 amide bonds. The fourth-order valence-electron chi connectivity index (χ4n) is 1.64. The lowest BCUT2D eigenvalue weighted by atomic mass is 10.2. The SMILES string of the molecule is CC(=O)N/N=C\c1ccc(OC(=O)c2ccc(Cl)cc2Cl)cc1. The molecule has 1 N–H and O–H groups in total. The average molecular weight is 351 g/mol. The summed E-state index contributed by atoms with van der Waals surface area (Å²) in [5, 5.41) is 4.40. The molecule has 0 spiro atoms. The number of ether oxygens (including phenoxy) is 1. The van der Waals surface area contributed by atoms with Gasteiger partial charge in [-0.05, 0) is 48.0 Å². The van der Waals surface area contributed by atoms with Crippen molar-refractivity contribution in [3.8, 4) is 5.75 Å². The molecule has 0 fully saturated rings. The summed E-state index contributed by atoms with van der Waals surface area (Å²) < 4.78 is 5.24. The highest BCUT2D eigenvalue weighted by atomic mass is 35.5. The van der Waals surface area contributed by atoms with E-state index in [1.807, 2.05) is 0 Å². The lowest BCUT2D eigenvalue weighted by Crippen LogP contribution is -2.12. The molecule has 0 atom stereocenters. The van der Waals surface area contributed by atoms with E-state index in [-0.39, 0.29) is 16.5 Å². The van der Waals surface area contributed by atoms with E-state index < -0.39 is 5.97 Å². The van der Waals surface area contributed by atoms with Crippen molar-refractivity contribution in [1.29, 1.82) is 0 Å². The van der Waals surface area contributed by atoms with E-state index >= 15 is 0 Å². The highest BCUT2D eigenvalue weighted by Gasteiger charge is 2.13. The highest BCUT2D eigenvalue weighted by molar-refractivity contribution is 6.36. The van der Waals surface area contributed by atoms with E-state index in [0.29, 0.717) is 10.8 Å². The molecule has 5 nitrogen and oxygen atoms in total. The number of amides is 1. The second kappa shape index (κ2) is 7.76. The average Bonchev–Trinajstić information content (AvgIpc) is 2.48. The van der Waals surface area contributed by atoms with Crippen LogP contribution in [-0.2, 0) is 4.79 Å². The zero-order chi connectivity index (χ0) is 16.8. The molecule has 0 aliphatic rings. The largest absolute Gasteiger partial charge is 0.423 e. The Hall–Kier alpha value is -2.37. The standard InChI is InChI=1S/C16H12Cl2N2O3/c1-10(21)20-19-9-11-2-5-13(6-3-11)23-16(22)14-7-4-12(17)8-15(14)18/h2-9H,1H3,(H,20,21)/b19-9-. The van der Waals surface area contributed by atoms with Gasteiger partial charge in [0.1, 0.15) is 5.75 Å². The molecule has 2 aromatic carbocycles. The van der Waals surface area contributed by atoms with Crippen molar-refractivity contribution in [2.24, 2.45) is 5.10 Å². The number of nitrogens with zero attached hydrogens (tertiary/aromatic N) is 1. The Morgan fingerprint density at radius 2 is 1.83 bits per heavy atom. The van der Waals surface area contributed by atoms with Gasteiger partial charge in [0.05, 0.1) is 16.8 Å². The van der Waals surface area contributed by atoms with Crippen molar-refractivity contribution in [3.05, 3.63) is 63.6 Å². The van der Waals surface area contributed by atoms with E-state index in [2.05, 4.69) is 10.5 Å². The second-order valence-corrected chi connectivity index (χ2v) is 5.35. The predicted octanol–water partition coefficient (Wildman–Crippen LogP) is 3.68. The molecule has 0 unspecified atom stereocenters. The molecule has 0 aliphatic carbocycles. The van der Waals surface area contributed by atoms with Gasteiger partial charge >= 0.3 is 5.97 Å². The van der Waals surface area contributed by atoms with E-state index in [0.717, 1.165) is 5.56 Å². The molecule has 2 rings (SSSR count). The third kappa shape index (κ3) is 5.09. The number of rotatable bonds is 4. The molecule has 118 valence electrons. The van der Waals surface area contributed by atoms with Crippen molar-refractivity contribution < 1.29 is 14.3 Å². The Labute approximate surface area is 142 Å². The molecule has 0 saturated carbocycles. The van der Waals surface area contributed by atoms with E-state index in [9.17, 15) is 9.59 Å². The van der Waals surface area contributed by atoms with Gasteiger partial charge in [0.25, 0.3) is 0 Å². The molecule has 2 aromatic rings. The molecule has 0 aromatic heterocycles. The van der Waals surface area contributed by atoms with E-state index in [1.165, 1.54) is 25.3 Å². The number of hydrogen-bond donors (Lipinski definition) is 1. The van der Waals surface area contributed by atoms with Gasteiger partial charge in [-0.2, -0.15) is 5.10 Å². The first-order valence-electron chi connectivity index (χ1n) is 6.52. The first kappa shape index (κ1) is 17.0. The van der Waals surface area contributed by atoms with Gasteiger partial charge in [0.15, 0.2) is 0 Å². The Bertz CT molecular complexity index is 758. The van der Waals surface area contributed by atoms with Crippen LogP contribution in [0.5, 0.6) is 5.75 Å². The van der Waals surface area contributed by atoms with Gasteiger partial charge in [-0.3, -0.25) is 4.79 Å². The third-order valence-corrected chi connectivity index (χ3v) is 3.23.